The molecule has 0 fully saturated rings. The summed E-state index contributed by atoms with van der Waals surface area (Å²) in [6.45, 7) is 1.91. The number of anilines is 1. The number of rotatable bonds is 4. The Labute approximate surface area is 188 Å². The second-order valence-electron chi connectivity index (χ2n) is 7.71. The van der Waals surface area contributed by atoms with Gasteiger partial charge in [0.15, 0.2) is 5.13 Å². The number of allylic oxidation sites excluding steroid dienone is 1. The number of nitrogens with zero attached hydrogens (tertiary/aromatic N) is 1. The lowest BCUT2D eigenvalue weighted by atomic mass is 9.94. The van der Waals surface area contributed by atoms with Crippen LogP contribution in [0.25, 0.3) is 26.8 Å². The van der Waals surface area contributed by atoms with Gasteiger partial charge in [-0.1, -0.05) is 22.9 Å². The number of amides is 1. The largest absolute Gasteiger partial charge is 0.496 e. The van der Waals surface area contributed by atoms with Crippen molar-refractivity contribution < 1.29 is 13.9 Å². The number of carbonyl (C=O) groups is 1. The Morgan fingerprint density at radius 2 is 2.10 bits per heavy atom. The maximum atomic E-state index is 12.7. The van der Waals surface area contributed by atoms with Crippen LogP contribution in [0, 0.1) is 0 Å². The highest BCUT2D eigenvalue weighted by Crippen LogP contribution is 2.38. The van der Waals surface area contributed by atoms with E-state index in [0.717, 1.165) is 57.3 Å². The van der Waals surface area contributed by atoms with Crippen molar-refractivity contribution in [3.8, 4) is 5.75 Å². The molecule has 2 aromatic heterocycles. The topological polar surface area (TPSA) is 64.4 Å². The van der Waals surface area contributed by atoms with Gasteiger partial charge in [0, 0.05) is 40.1 Å². The number of benzene rings is 2. The van der Waals surface area contributed by atoms with Crippen LogP contribution in [0.5, 0.6) is 5.75 Å². The van der Waals surface area contributed by atoms with Gasteiger partial charge < -0.3 is 9.15 Å². The summed E-state index contributed by atoms with van der Waals surface area (Å²) < 4.78 is 12.6. The van der Waals surface area contributed by atoms with E-state index in [1.807, 2.05) is 25.1 Å². The zero-order valence-corrected chi connectivity index (χ0v) is 18.8. The summed E-state index contributed by atoms with van der Waals surface area (Å²) in [7, 11) is 1.63. The molecule has 0 bridgehead atoms. The molecule has 2 aromatic carbocycles. The molecule has 4 aromatic rings. The van der Waals surface area contributed by atoms with Crippen molar-refractivity contribution >= 4 is 60.7 Å². The fourth-order valence-electron chi connectivity index (χ4n) is 4.13. The third-order valence-corrected chi connectivity index (χ3v) is 6.80. The lowest BCUT2D eigenvalue weighted by Crippen LogP contribution is -2.08. The molecule has 158 valence electrons. The quantitative estimate of drug-likeness (QED) is 0.353. The molecule has 2 heterocycles. The smallest absolute Gasteiger partial charge is 0.250 e. The predicted molar refractivity (Wildman–Crippen MR) is 126 cm³/mol. The van der Waals surface area contributed by atoms with Gasteiger partial charge in [-0.25, -0.2) is 4.98 Å². The van der Waals surface area contributed by atoms with Crippen molar-refractivity contribution in [3.05, 3.63) is 58.3 Å². The van der Waals surface area contributed by atoms with Crippen LogP contribution in [-0.2, 0) is 17.6 Å². The standard InChI is InChI=1S/C24H21ClN2O3S/c1-13(9-23(28)27-24-26-18-8-7-14(25)10-22(18)31-24)16-11-17-15-5-3-4-6-19(15)30-21(17)12-20(16)29-2/h7-12H,3-6H2,1-2H3,(H,26,27,28)/b13-9+. The second kappa shape index (κ2) is 8.02. The number of ether oxygens (including phenoxy) is 1. The Balaban J connectivity index is 1.45. The van der Waals surface area contributed by atoms with Gasteiger partial charge in [-0.15, -0.1) is 0 Å². The summed E-state index contributed by atoms with van der Waals surface area (Å²) in [5.74, 6) is 1.53. The van der Waals surface area contributed by atoms with Crippen molar-refractivity contribution in [1.29, 1.82) is 0 Å². The zero-order chi connectivity index (χ0) is 21.5. The van der Waals surface area contributed by atoms with Gasteiger partial charge in [-0.3, -0.25) is 10.1 Å². The first-order valence-corrected chi connectivity index (χ1v) is 11.4. The molecule has 5 rings (SSSR count). The number of aromatic nitrogens is 1. The molecular formula is C24H21ClN2O3S. The van der Waals surface area contributed by atoms with Gasteiger partial charge >= 0.3 is 0 Å². The van der Waals surface area contributed by atoms with Crippen LogP contribution in [0.1, 0.15) is 36.7 Å². The molecule has 0 unspecified atom stereocenters. The van der Waals surface area contributed by atoms with Gasteiger partial charge in [0.2, 0.25) is 5.91 Å². The number of halogens is 1. The Kier molecular flexibility index (Phi) is 5.20. The summed E-state index contributed by atoms with van der Waals surface area (Å²) in [6.07, 6.45) is 5.92. The number of furan rings is 1. The van der Waals surface area contributed by atoms with Crippen molar-refractivity contribution in [2.24, 2.45) is 0 Å². The third kappa shape index (κ3) is 3.82. The number of thiazole rings is 1. The van der Waals surface area contributed by atoms with Crippen LogP contribution >= 0.6 is 22.9 Å². The number of aryl methyl sites for hydroxylation is 2. The van der Waals surface area contributed by atoms with E-state index in [2.05, 4.69) is 16.4 Å². The van der Waals surface area contributed by atoms with E-state index in [4.69, 9.17) is 20.8 Å². The van der Waals surface area contributed by atoms with Crippen molar-refractivity contribution in [2.45, 2.75) is 32.6 Å². The number of hydrogen-bond acceptors (Lipinski definition) is 5. The Hall–Kier alpha value is -2.83. The van der Waals surface area contributed by atoms with Crippen molar-refractivity contribution in [3.63, 3.8) is 0 Å². The maximum absolute atomic E-state index is 12.7. The minimum absolute atomic E-state index is 0.237. The monoisotopic (exact) mass is 452 g/mol. The fraction of sp³-hybridized carbons (Fsp3) is 0.250. The summed E-state index contributed by atoms with van der Waals surface area (Å²) >= 11 is 7.43. The molecule has 0 aliphatic heterocycles. The minimum atomic E-state index is -0.237. The van der Waals surface area contributed by atoms with E-state index >= 15 is 0 Å². The highest BCUT2D eigenvalue weighted by Gasteiger charge is 2.20. The van der Waals surface area contributed by atoms with Gasteiger partial charge in [-0.05, 0) is 56.0 Å². The molecule has 31 heavy (non-hydrogen) atoms. The first kappa shape index (κ1) is 20.1. The fourth-order valence-corrected chi connectivity index (χ4v) is 5.28. The number of hydrogen-bond donors (Lipinski definition) is 1. The van der Waals surface area contributed by atoms with Crippen LogP contribution in [0.15, 0.2) is 40.8 Å². The highest BCUT2D eigenvalue weighted by atomic mass is 35.5. The van der Waals surface area contributed by atoms with E-state index < -0.39 is 0 Å². The third-order valence-electron chi connectivity index (χ3n) is 5.63. The first-order valence-electron chi connectivity index (χ1n) is 10.2. The Morgan fingerprint density at radius 1 is 1.26 bits per heavy atom. The molecule has 1 amide bonds. The molecule has 1 N–H and O–H groups in total. The van der Waals surface area contributed by atoms with Gasteiger partial charge in [0.25, 0.3) is 0 Å². The second-order valence-corrected chi connectivity index (χ2v) is 9.17. The van der Waals surface area contributed by atoms with E-state index in [0.29, 0.717) is 15.9 Å². The SMILES string of the molecule is COc1cc2oc3c(c2cc1/C(C)=C/C(=O)Nc1nc2ccc(Cl)cc2s1)CCCC3. The molecule has 0 saturated heterocycles. The number of carbonyl (C=O) groups excluding carboxylic acids is 1. The van der Waals surface area contributed by atoms with Gasteiger partial charge in [0.1, 0.15) is 17.1 Å². The molecule has 0 saturated carbocycles. The molecule has 0 radical (unpaired) electrons. The van der Waals surface area contributed by atoms with Crippen LogP contribution in [0.4, 0.5) is 5.13 Å². The normalized spacial score (nSPS) is 14.1. The lowest BCUT2D eigenvalue weighted by molar-refractivity contribution is -0.111. The predicted octanol–water partition coefficient (Wildman–Crippen LogP) is 6.63. The van der Waals surface area contributed by atoms with Crippen molar-refractivity contribution in [1.82, 2.24) is 4.98 Å². The highest BCUT2D eigenvalue weighted by molar-refractivity contribution is 7.22. The molecule has 5 nitrogen and oxygen atoms in total. The number of nitrogens with one attached hydrogen (secondary N) is 1. The molecule has 0 atom stereocenters. The molecular weight excluding hydrogens is 432 g/mol. The summed E-state index contributed by atoms with van der Waals surface area (Å²) in [6, 6.07) is 9.49. The number of fused-ring (bicyclic) bond motifs is 4. The Bertz CT molecular complexity index is 1350. The molecule has 0 spiro atoms. The van der Waals surface area contributed by atoms with E-state index in [1.165, 1.54) is 23.3 Å². The average molecular weight is 453 g/mol. The van der Waals surface area contributed by atoms with E-state index in [9.17, 15) is 4.79 Å². The van der Waals surface area contributed by atoms with Crippen molar-refractivity contribution in [2.75, 3.05) is 12.4 Å². The summed E-state index contributed by atoms with van der Waals surface area (Å²) in [4.78, 5) is 17.1. The van der Waals surface area contributed by atoms with Crippen LogP contribution in [0.3, 0.4) is 0 Å². The maximum Gasteiger partial charge on any atom is 0.250 e. The van der Waals surface area contributed by atoms with Gasteiger partial charge in [-0.2, -0.15) is 0 Å². The molecule has 1 aliphatic rings. The Morgan fingerprint density at radius 3 is 2.94 bits per heavy atom. The summed E-state index contributed by atoms with van der Waals surface area (Å²) in [5, 5.41) is 5.16. The van der Waals surface area contributed by atoms with E-state index in [1.54, 1.807) is 19.3 Å². The van der Waals surface area contributed by atoms with Crippen LogP contribution in [-0.4, -0.2) is 18.0 Å². The molecule has 7 heteroatoms. The average Bonchev–Trinajstić information content (AvgIpc) is 3.31. The van der Waals surface area contributed by atoms with Crippen LogP contribution < -0.4 is 10.1 Å². The molecule has 1 aliphatic carbocycles. The first-order chi connectivity index (χ1) is 15.0. The van der Waals surface area contributed by atoms with Crippen LogP contribution in [0.2, 0.25) is 5.02 Å². The van der Waals surface area contributed by atoms with E-state index in [-0.39, 0.29) is 5.91 Å². The zero-order valence-electron chi connectivity index (χ0n) is 17.3. The lowest BCUT2D eigenvalue weighted by Gasteiger charge is -2.11. The van der Waals surface area contributed by atoms with Gasteiger partial charge in [0.05, 0.1) is 17.3 Å². The number of methoxy groups -OCH3 is 1. The summed E-state index contributed by atoms with van der Waals surface area (Å²) in [5.41, 5.74) is 4.64. The minimum Gasteiger partial charge on any atom is -0.496 e.